The molecule has 3 N–H and O–H groups in total. The molecule has 0 spiro atoms. The zero-order valence-corrected chi connectivity index (χ0v) is 24.2. The second-order valence-electron chi connectivity index (χ2n) is 9.76. The number of hydrogen-bond acceptors (Lipinski definition) is 9. The molecule has 10 heteroatoms. The third-order valence-electron chi connectivity index (χ3n) is 6.78. The van der Waals surface area contributed by atoms with Crippen LogP contribution in [-0.4, -0.2) is 51.8 Å². The zero-order valence-electron chi connectivity index (χ0n) is 23.4. The van der Waals surface area contributed by atoms with Crippen molar-refractivity contribution in [2.45, 2.75) is 51.7 Å². The van der Waals surface area contributed by atoms with Gasteiger partial charge < -0.3 is 20.3 Å². The van der Waals surface area contributed by atoms with E-state index in [0.717, 1.165) is 59.2 Å². The van der Waals surface area contributed by atoms with Crippen LogP contribution in [0.3, 0.4) is 0 Å². The van der Waals surface area contributed by atoms with Crippen LogP contribution in [0.4, 0.5) is 0 Å². The van der Waals surface area contributed by atoms with Gasteiger partial charge in [-0.15, -0.1) is 0 Å². The van der Waals surface area contributed by atoms with E-state index in [0.29, 0.717) is 22.7 Å². The lowest BCUT2D eigenvalue weighted by atomic mass is 9.98. The smallest absolute Gasteiger partial charge is 0.171 e. The van der Waals surface area contributed by atoms with E-state index in [1.807, 2.05) is 55.9 Å². The summed E-state index contributed by atoms with van der Waals surface area (Å²) >= 11 is 1.82. The van der Waals surface area contributed by atoms with Gasteiger partial charge >= 0.3 is 0 Å². The summed E-state index contributed by atoms with van der Waals surface area (Å²) in [4.78, 5) is 17.5. The maximum atomic E-state index is 6.53. The molecule has 0 saturated carbocycles. The molecule has 2 atom stereocenters. The molecule has 5 rings (SSSR count). The van der Waals surface area contributed by atoms with Gasteiger partial charge in [0, 0.05) is 53.5 Å². The normalized spacial score (nSPS) is 19.4. The zero-order chi connectivity index (χ0) is 28.6. The van der Waals surface area contributed by atoms with Gasteiger partial charge in [-0.05, 0) is 45.1 Å². The lowest BCUT2D eigenvalue weighted by Crippen LogP contribution is -2.33. The molecule has 1 saturated heterocycles. The minimum absolute atomic E-state index is 0.0892. The molecular weight excluding hydrogens is 534 g/mol. The molecule has 0 bridgehead atoms. The van der Waals surface area contributed by atoms with Crippen LogP contribution in [0.25, 0.3) is 11.3 Å². The lowest BCUT2D eigenvalue weighted by molar-refractivity contribution is 0.0642. The van der Waals surface area contributed by atoms with Gasteiger partial charge in [0.15, 0.2) is 17.8 Å². The Morgan fingerprint density at radius 3 is 2.71 bits per heavy atom. The lowest BCUT2D eigenvalue weighted by Gasteiger charge is -2.26. The largest absolute Gasteiger partial charge is 0.391 e. The molecule has 3 aromatic rings. The summed E-state index contributed by atoms with van der Waals surface area (Å²) in [5.41, 5.74) is 13.4. The Hall–Kier alpha value is -4.20. The van der Waals surface area contributed by atoms with E-state index in [-0.39, 0.29) is 12.3 Å². The number of aromatic nitrogens is 3. The van der Waals surface area contributed by atoms with Crippen molar-refractivity contribution in [3.63, 3.8) is 0 Å². The van der Waals surface area contributed by atoms with E-state index in [1.165, 1.54) is 11.9 Å². The van der Waals surface area contributed by atoms with Gasteiger partial charge in [0.1, 0.15) is 6.33 Å². The number of aryl methyl sites for hydroxylation is 1. The topological polar surface area (TPSA) is 124 Å². The number of nitrogens with one attached hydrogen (secondary N) is 1. The Morgan fingerprint density at radius 2 is 2.00 bits per heavy atom. The van der Waals surface area contributed by atoms with Gasteiger partial charge in [-0.3, -0.25) is 0 Å². The highest BCUT2D eigenvalue weighted by atomic mass is 32.2. The number of aliphatic imine (C=N–C) groups is 2. The maximum Gasteiger partial charge on any atom is 0.171 e. The van der Waals surface area contributed by atoms with Gasteiger partial charge in [0.25, 0.3) is 0 Å². The first-order valence-electron chi connectivity index (χ1n) is 13.5. The second-order valence-corrected chi connectivity index (χ2v) is 10.8. The average molecular weight is 568 g/mol. The molecule has 0 aliphatic carbocycles. The first-order valence-corrected chi connectivity index (χ1v) is 14.7. The number of ether oxygens (including phenoxy) is 1. The molecule has 2 aliphatic rings. The van der Waals surface area contributed by atoms with E-state index in [2.05, 4.69) is 44.2 Å². The first-order chi connectivity index (χ1) is 20.0. The summed E-state index contributed by atoms with van der Waals surface area (Å²) < 4.78 is 12.0. The highest BCUT2D eigenvalue weighted by Crippen LogP contribution is 2.32. The number of allylic oxidation sites excluding steroid dienone is 1. The van der Waals surface area contributed by atoms with Crippen molar-refractivity contribution in [3.05, 3.63) is 88.4 Å². The highest BCUT2D eigenvalue weighted by molar-refractivity contribution is 7.98. The minimum atomic E-state index is -0.309. The quantitative estimate of drug-likeness (QED) is 0.226. The molecule has 210 valence electrons. The van der Waals surface area contributed by atoms with Crippen LogP contribution in [0, 0.1) is 18.8 Å². The summed E-state index contributed by atoms with van der Waals surface area (Å²) in [6, 6.07) is 10.1. The summed E-state index contributed by atoms with van der Waals surface area (Å²) in [6.07, 6.45) is 7.98. The number of nitrogens with zero attached hydrogens (tertiary/aromatic N) is 5. The van der Waals surface area contributed by atoms with Crippen molar-refractivity contribution >= 4 is 23.8 Å². The molecule has 0 amide bonds. The number of rotatable bonds is 8. The fourth-order valence-corrected chi connectivity index (χ4v) is 5.75. The molecule has 9 nitrogen and oxygen atoms in total. The van der Waals surface area contributed by atoms with Crippen LogP contribution in [0.1, 0.15) is 43.5 Å². The van der Waals surface area contributed by atoms with Crippen molar-refractivity contribution in [1.29, 1.82) is 0 Å². The fraction of sp³-hybridized carbons (Fsp3) is 0.323. The minimum Gasteiger partial charge on any atom is -0.391 e. The molecule has 2 aromatic heterocycles. The molecule has 1 aromatic carbocycles. The molecule has 2 unspecified atom stereocenters. The molecule has 41 heavy (non-hydrogen) atoms. The predicted molar refractivity (Wildman–Crippen MR) is 163 cm³/mol. The van der Waals surface area contributed by atoms with Gasteiger partial charge in [-0.25, -0.2) is 20.0 Å². The Balaban J connectivity index is 1.28. The SMILES string of the molecule is CC=NC(=N\C1CCC(CSCc2c(C)noc2-c2ccccc2)O1)/C(C1=C(C)CN1)=C(\N)C#Cc1cncnc1. The summed E-state index contributed by atoms with van der Waals surface area (Å²) in [7, 11) is 0. The van der Waals surface area contributed by atoms with Crippen LogP contribution in [0.2, 0.25) is 0 Å². The third kappa shape index (κ3) is 6.93. The van der Waals surface area contributed by atoms with E-state index in [1.54, 1.807) is 18.6 Å². The van der Waals surface area contributed by atoms with Crippen LogP contribution in [0.5, 0.6) is 0 Å². The Bertz CT molecular complexity index is 1550. The summed E-state index contributed by atoms with van der Waals surface area (Å²) in [5.74, 6) is 9.07. The van der Waals surface area contributed by atoms with E-state index < -0.39 is 0 Å². The maximum absolute atomic E-state index is 6.53. The molecule has 0 radical (unpaired) electrons. The van der Waals surface area contributed by atoms with Crippen molar-refractivity contribution in [3.8, 4) is 23.2 Å². The number of amidine groups is 1. The van der Waals surface area contributed by atoms with E-state index in [4.69, 9.17) is 20.0 Å². The van der Waals surface area contributed by atoms with Crippen molar-refractivity contribution in [2.24, 2.45) is 15.7 Å². The van der Waals surface area contributed by atoms with Crippen molar-refractivity contribution in [1.82, 2.24) is 20.4 Å². The van der Waals surface area contributed by atoms with Crippen LogP contribution in [-0.2, 0) is 10.5 Å². The number of nitrogens with two attached hydrogens (primary N) is 1. The van der Waals surface area contributed by atoms with Gasteiger partial charge in [0.2, 0.25) is 0 Å². The molecule has 1 fully saturated rings. The van der Waals surface area contributed by atoms with Gasteiger partial charge in [0.05, 0.1) is 28.6 Å². The van der Waals surface area contributed by atoms with Gasteiger partial charge in [-0.2, -0.15) is 11.8 Å². The summed E-state index contributed by atoms with van der Waals surface area (Å²) in [6.45, 7) is 6.69. The monoisotopic (exact) mass is 567 g/mol. The van der Waals surface area contributed by atoms with E-state index >= 15 is 0 Å². The average Bonchev–Trinajstić information content (AvgIpc) is 3.60. The predicted octanol–water partition coefficient (Wildman–Crippen LogP) is 4.81. The van der Waals surface area contributed by atoms with Crippen LogP contribution < -0.4 is 11.1 Å². The molecule has 4 heterocycles. The summed E-state index contributed by atoms with van der Waals surface area (Å²) in [5, 5.41) is 7.55. The fourth-order valence-electron chi connectivity index (χ4n) is 4.58. The Labute approximate surface area is 244 Å². The Morgan fingerprint density at radius 1 is 1.20 bits per heavy atom. The number of benzene rings is 1. The highest BCUT2D eigenvalue weighted by Gasteiger charge is 2.28. The first kappa shape index (κ1) is 28.3. The second kappa shape index (κ2) is 13.4. The van der Waals surface area contributed by atoms with Crippen molar-refractivity contribution < 1.29 is 9.26 Å². The Kier molecular flexibility index (Phi) is 9.29. The molecular formula is C31H33N7O2S. The van der Waals surface area contributed by atoms with Crippen molar-refractivity contribution in [2.75, 3.05) is 12.3 Å². The third-order valence-corrected chi connectivity index (χ3v) is 7.88. The van der Waals surface area contributed by atoms with E-state index in [9.17, 15) is 0 Å². The van der Waals surface area contributed by atoms with Gasteiger partial charge in [-0.1, -0.05) is 41.4 Å². The van der Waals surface area contributed by atoms with Crippen LogP contribution >= 0.6 is 11.8 Å². The van der Waals surface area contributed by atoms with Crippen LogP contribution in [0.15, 0.2) is 86.1 Å². The number of thioether (sulfide) groups is 1. The standard InChI is InChI=1S/C31H33N7O2S/c1-4-35-31(28(29-20(2)14-36-29)26(32)12-10-22-15-33-19-34-16-22)37-27-13-11-24(39-27)17-41-18-25-21(3)38-40-30(25)23-8-6-5-7-9-23/h4-9,15-16,19,24,27,36H,11,13-14,17-18,32H2,1-3H3/b28-26-,35-4?,37-31-. The molecule has 2 aliphatic heterocycles. The number of hydrogen-bond donors (Lipinski definition) is 2.